The number of nitrogens with one attached hydrogen (secondary N) is 1. The molecule has 2 N–H and O–H groups in total. The second kappa shape index (κ2) is 6.49. The van der Waals surface area contributed by atoms with Crippen LogP contribution in [0.4, 0.5) is 0 Å². The van der Waals surface area contributed by atoms with E-state index in [-0.39, 0.29) is 17.6 Å². The Morgan fingerprint density at radius 1 is 1.11 bits per heavy atom. The standard InChI is InChI=1S/C22H18N4O2/c27-15-5-3-4-14(10-15)18-11-26(12-20-21(18)25-13-24-20)22(28)17-8-9-23-19-7-2-1-6-16(17)19/h1-10,13,18,27H,11-12H2,(H,24,25). The smallest absolute Gasteiger partial charge is 0.254 e. The Hall–Kier alpha value is -3.67. The number of phenols is 1. The molecule has 0 saturated heterocycles. The van der Waals surface area contributed by atoms with Gasteiger partial charge in [-0.1, -0.05) is 30.3 Å². The van der Waals surface area contributed by atoms with Gasteiger partial charge in [-0.25, -0.2) is 4.98 Å². The molecular formula is C22H18N4O2. The fraction of sp³-hybridized carbons (Fsp3) is 0.136. The van der Waals surface area contributed by atoms with E-state index in [1.165, 1.54) is 0 Å². The first-order valence-corrected chi connectivity index (χ1v) is 9.15. The lowest BCUT2D eigenvalue weighted by Crippen LogP contribution is -2.38. The normalized spacial score (nSPS) is 16.1. The number of carbonyl (C=O) groups excluding carboxylic acids is 1. The molecule has 1 atom stereocenters. The van der Waals surface area contributed by atoms with Crippen LogP contribution in [-0.2, 0) is 6.54 Å². The summed E-state index contributed by atoms with van der Waals surface area (Å²) in [6, 6.07) is 16.6. The number of aromatic hydroxyl groups is 1. The van der Waals surface area contributed by atoms with Gasteiger partial charge in [0, 0.05) is 24.0 Å². The maximum Gasteiger partial charge on any atom is 0.254 e. The highest BCUT2D eigenvalue weighted by Crippen LogP contribution is 2.33. The number of H-pyrrole nitrogens is 1. The van der Waals surface area contributed by atoms with Gasteiger partial charge in [0.05, 0.1) is 35.3 Å². The Morgan fingerprint density at radius 2 is 2.00 bits per heavy atom. The molecule has 2 aromatic heterocycles. The van der Waals surface area contributed by atoms with Gasteiger partial charge in [-0.15, -0.1) is 0 Å². The molecule has 6 heteroatoms. The first-order chi connectivity index (χ1) is 13.7. The van der Waals surface area contributed by atoms with Gasteiger partial charge in [0.25, 0.3) is 5.91 Å². The van der Waals surface area contributed by atoms with Crippen molar-refractivity contribution in [3.8, 4) is 5.75 Å². The molecule has 138 valence electrons. The molecule has 2 aromatic carbocycles. The number of fused-ring (bicyclic) bond motifs is 2. The third kappa shape index (κ3) is 2.70. The molecule has 5 rings (SSSR count). The Kier molecular flexibility index (Phi) is 3.83. The predicted molar refractivity (Wildman–Crippen MR) is 105 cm³/mol. The molecule has 1 aliphatic rings. The summed E-state index contributed by atoms with van der Waals surface area (Å²) in [5, 5.41) is 10.7. The lowest BCUT2D eigenvalue weighted by atomic mass is 9.90. The van der Waals surface area contributed by atoms with Gasteiger partial charge in [-0.3, -0.25) is 9.78 Å². The number of amides is 1. The van der Waals surface area contributed by atoms with Crippen LogP contribution in [-0.4, -0.2) is 37.4 Å². The van der Waals surface area contributed by atoms with E-state index in [4.69, 9.17) is 0 Å². The van der Waals surface area contributed by atoms with Crippen LogP contribution >= 0.6 is 0 Å². The number of imidazole rings is 1. The van der Waals surface area contributed by atoms with E-state index in [9.17, 15) is 9.90 Å². The van der Waals surface area contributed by atoms with Crippen LogP contribution in [0.15, 0.2) is 67.1 Å². The minimum atomic E-state index is -0.0980. The van der Waals surface area contributed by atoms with Crippen molar-refractivity contribution in [3.63, 3.8) is 0 Å². The quantitative estimate of drug-likeness (QED) is 0.566. The van der Waals surface area contributed by atoms with E-state index >= 15 is 0 Å². The van der Waals surface area contributed by atoms with Crippen LogP contribution < -0.4 is 0 Å². The van der Waals surface area contributed by atoms with Gasteiger partial charge in [0.2, 0.25) is 0 Å². The summed E-state index contributed by atoms with van der Waals surface area (Å²) in [4.78, 5) is 27.2. The van der Waals surface area contributed by atoms with E-state index in [2.05, 4.69) is 15.0 Å². The van der Waals surface area contributed by atoms with E-state index in [1.807, 2.05) is 41.3 Å². The molecule has 0 saturated carbocycles. The number of rotatable bonds is 2. The Bertz CT molecular complexity index is 1180. The number of hydrogen-bond acceptors (Lipinski definition) is 4. The molecule has 1 amide bonds. The predicted octanol–water partition coefficient (Wildman–Crippen LogP) is 3.45. The van der Waals surface area contributed by atoms with Crippen LogP contribution in [0.2, 0.25) is 0 Å². The fourth-order valence-corrected chi connectivity index (χ4v) is 3.93. The molecule has 4 aromatic rings. The molecule has 3 heterocycles. The summed E-state index contributed by atoms with van der Waals surface area (Å²) in [5.41, 5.74) is 4.23. The van der Waals surface area contributed by atoms with Crippen molar-refractivity contribution in [1.29, 1.82) is 0 Å². The number of aromatic amines is 1. The van der Waals surface area contributed by atoms with Crippen molar-refractivity contribution in [3.05, 3.63) is 89.6 Å². The molecule has 6 nitrogen and oxygen atoms in total. The zero-order chi connectivity index (χ0) is 19.1. The van der Waals surface area contributed by atoms with Crippen molar-refractivity contribution >= 4 is 16.8 Å². The first-order valence-electron chi connectivity index (χ1n) is 9.15. The lowest BCUT2D eigenvalue weighted by Gasteiger charge is -2.32. The molecular weight excluding hydrogens is 352 g/mol. The highest BCUT2D eigenvalue weighted by Gasteiger charge is 2.32. The topological polar surface area (TPSA) is 82.1 Å². The molecule has 0 spiro atoms. The van der Waals surface area contributed by atoms with E-state index in [1.54, 1.807) is 30.7 Å². The number of aromatic nitrogens is 3. The van der Waals surface area contributed by atoms with E-state index < -0.39 is 0 Å². The number of pyridine rings is 1. The Morgan fingerprint density at radius 3 is 2.89 bits per heavy atom. The highest BCUT2D eigenvalue weighted by atomic mass is 16.3. The van der Waals surface area contributed by atoms with Crippen LogP contribution in [0, 0.1) is 0 Å². The number of nitrogens with zero attached hydrogens (tertiary/aromatic N) is 3. The maximum absolute atomic E-state index is 13.4. The van der Waals surface area contributed by atoms with Crippen molar-refractivity contribution in [2.24, 2.45) is 0 Å². The van der Waals surface area contributed by atoms with Crippen molar-refractivity contribution in [2.45, 2.75) is 12.5 Å². The zero-order valence-electron chi connectivity index (χ0n) is 15.0. The second-order valence-corrected chi connectivity index (χ2v) is 6.98. The molecule has 0 aliphatic carbocycles. The number of hydrogen-bond donors (Lipinski definition) is 2. The van der Waals surface area contributed by atoms with Crippen LogP contribution in [0.25, 0.3) is 10.9 Å². The van der Waals surface area contributed by atoms with Crippen LogP contribution in [0.5, 0.6) is 5.75 Å². The SMILES string of the molecule is O=C(c1ccnc2ccccc12)N1Cc2[nH]cnc2C(c2cccc(O)c2)C1. The van der Waals surface area contributed by atoms with Gasteiger partial charge in [-0.2, -0.15) is 0 Å². The third-order valence-corrected chi connectivity index (χ3v) is 5.27. The Labute approximate surface area is 161 Å². The average Bonchev–Trinajstić information content (AvgIpc) is 3.21. The summed E-state index contributed by atoms with van der Waals surface area (Å²) < 4.78 is 0. The van der Waals surface area contributed by atoms with Gasteiger partial charge < -0.3 is 15.0 Å². The van der Waals surface area contributed by atoms with Gasteiger partial charge in [0.15, 0.2) is 0 Å². The largest absolute Gasteiger partial charge is 0.508 e. The molecule has 0 fully saturated rings. The zero-order valence-corrected chi connectivity index (χ0v) is 15.0. The maximum atomic E-state index is 13.4. The van der Waals surface area contributed by atoms with Gasteiger partial charge >= 0.3 is 0 Å². The van der Waals surface area contributed by atoms with Gasteiger partial charge in [0.1, 0.15) is 5.75 Å². The van der Waals surface area contributed by atoms with Crippen LogP contribution in [0.1, 0.15) is 33.2 Å². The molecule has 0 bridgehead atoms. The highest BCUT2D eigenvalue weighted by molar-refractivity contribution is 6.06. The average molecular weight is 370 g/mol. The number of carbonyl (C=O) groups is 1. The summed E-state index contributed by atoms with van der Waals surface area (Å²) in [6.45, 7) is 0.969. The Balaban J connectivity index is 1.55. The van der Waals surface area contributed by atoms with Crippen molar-refractivity contribution in [2.75, 3.05) is 6.54 Å². The number of phenolic OH excluding ortho intramolecular Hbond substituents is 1. The monoisotopic (exact) mass is 370 g/mol. The molecule has 0 radical (unpaired) electrons. The van der Waals surface area contributed by atoms with Crippen LogP contribution in [0.3, 0.4) is 0 Å². The summed E-state index contributed by atoms with van der Waals surface area (Å²) in [7, 11) is 0. The van der Waals surface area contributed by atoms with Gasteiger partial charge in [-0.05, 0) is 29.8 Å². The summed E-state index contributed by atoms with van der Waals surface area (Å²) in [6.07, 6.45) is 3.34. The summed E-state index contributed by atoms with van der Waals surface area (Å²) >= 11 is 0. The fourth-order valence-electron chi connectivity index (χ4n) is 3.93. The molecule has 1 unspecified atom stereocenters. The van der Waals surface area contributed by atoms with Crippen molar-refractivity contribution in [1.82, 2.24) is 19.9 Å². The molecule has 28 heavy (non-hydrogen) atoms. The molecule has 1 aliphatic heterocycles. The number of benzene rings is 2. The summed E-state index contributed by atoms with van der Waals surface area (Å²) in [5.74, 6) is 0.0707. The minimum Gasteiger partial charge on any atom is -0.508 e. The van der Waals surface area contributed by atoms with E-state index in [0.717, 1.165) is 27.9 Å². The second-order valence-electron chi connectivity index (χ2n) is 6.98. The lowest BCUT2D eigenvalue weighted by molar-refractivity contribution is 0.0724. The minimum absolute atomic E-state index is 0.0380. The third-order valence-electron chi connectivity index (χ3n) is 5.27. The van der Waals surface area contributed by atoms with E-state index in [0.29, 0.717) is 18.7 Å². The first kappa shape index (κ1) is 16.5. The van der Waals surface area contributed by atoms with Crippen molar-refractivity contribution < 1.29 is 9.90 Å². The number of para-hydroxylation sites is 1.